The highest BCUT2D eigenvalue weighted by molar-refractivity contribution is 6.00. The average Bonchev–Trinajstić information content (AvgIpc) is 3.58. The third-order valence-electron chi connectivity index (χ3n) is 8.91. The molecule has 0 spiro atoms. The molecule has 3 aromatic heterocycles. The van der Waals surface area contributed by atoms with E-state index in [2.05, 4.69) is 26.5 Å². The first-order valence-corrected chi connectivity index (χ1v) is 15.0. The van der Waals surface area contributed by atoms with E-state index in [9.17, 15) is 14.3 Å². The van der Waals surface area contributed by atoms with Crippen LogP contribution in [0.2, 0.25) is 0 Å². The van der Waals surface area contributed by atoms with Crippen LogP contribution in [-0.2, 0) is 9.53 Å². The lowest BCUT2D eigenvalue weighted by Gasteiger charge is -2.35. The first-order chi connectivity index (χ1) is 21.7. The first kappa shape index (κ1) is 29.4. The molecular formula is C32H33F2N7O4. The number of anilines is 1. The van der Waals surface area contributed by atoms with Crippen LogP contribution in [0.25, 0.3) is 32.9 Å². The molecule has 3 aliphatic rings. The fraction of sp³-hybridized carbons (Fsp3) is 0.406. The summed E-state index contributed by atoms with van der Waals surface area (Å²) in [5, 5.41) is 12.9. The fourth-order valence-corrected chi connectivity index (χ4v) is 6.62. The topological polar surface area (TPSA) is 117 Å². The predicted molar refractivity (Wildman–Crippen MR) is 163 cm³/mol. The summed E-state index contributed by atoms with van der Waals surface area (Å²) in [6, 6.07) is 5.81. The van der Waals surface area contributed by atoms with Crippen molar-refractivity contribution in [3.05, 3.63) is 60.6 Å². The number of aromatic nitrogens is 4. The van der Waals surface area contributed by atoms with Crippen LogP contribution in [-0.4, -0.2) is 105 Å². The largest absolute Gasteiger partial charge is 0.463 e. The van der Waals surface area contributed by atoms with Crippen molar-refractivity contribution in [2.24, 2.45) is 0 Å². The molecular weight excluding hydrogens is 584 g/mol. The molecule has 3 saturated heterocycles. The molecule has 2 bridgehead atoms. The number of aliphatic hydroxyl groups is 1. The molecule has 0 unspecified atom stereocenters. The number of hydrogen-bond acceptors (Lipinski definition) is 10. The second-order valence-electron chi connectivity index (χ2n) is 11.8. The minimum atomic E-state index is -1.01. The standard InChI is InChI=1S/C32H33F2N7O4/c1-19-5-3-6-21-14-35-15-23(25(19)21)27-26(34)28-24(16-36-27)29(39-8-10-40(11-9-39)30(42)20(2)33)38-31(37-28)44-12-4-7-41-17-22-13-32(41,43)18-45-22/h3,5-6,14-16,22,43H,2,4,7-13,17-18H2,1H3/t22-,32+/m0/s1. The summed E-state index contributed by atoms with van der Waals surface area (Å²) < 4.78 is 41.6. The van der Waals surface area contributed by atoms with Gasteiger partial charge in [0.15, 0.2) is 11.6 Å². The molecule has 3 aliphatic heterocycles. The highest BCUT2D eigenvalue weighted by atomic mass is 19.1. The van der Waals surface area contributed by atoms with Crippen molar-refractivity contribution in [1.29, 1.82) is 0 Å². The molecule has 2 atom stereocenters. The van der Waals surface area contributed by atoms with Crippen LogP contribution < -0.4 is 9.64 Å². The van der Waals surface area contributed by atoms with E-state index in [1.165, 1.54) is 4.90 Å². The number of morpholine rings is 1. The Labute approximate surface area is 258 Å². The number of fused-ring (bicyclic) bond motifs is 4. The van der Waals surface area contributed by atoms with Crippen LogP contribution in [0.3, 0.4) is 0 Å². The number of pyridine rings is 2. The van der Waals surface area contributed by atoms with Crippen molar-refractivity contribution in [1.82, 2.24) is 29.7 Å². The lowest BCUT2D eigenvalue weighted by Crippen LogP contribution is -2.49. The number of carbonyl (C=O) groups is 1. The van der Waals surface area contributed by atoms with E-state index in [1.54, 1.807) is 18.6 Å². The number of benzene rings is 1. The van der Waals surface area contributed by atoms with E-state index in [0.717, 1.165) is 16.3 Å². The summed E-state index contributed by atoms with van der Waals surface area (Å²) in [5.41, 5.74) is 0.736. The number of rotatable bonds is 8. The van der Waals surface area contributed by atoms with E-state index >= 15 is 4.39 Å². The van der Waals surface area contributed by atoms with Gasteiger partial charge >= 0.3 is 6.01 Å². The van der Waals surface area contributed by atoms with E-state index in [-0.39, 0.29) is 43.0 Å². The smallest absolute Gasteiger partial charge is 0.319 e. The molecule has 234 valence electrons. The Bertz CT molecular complexity index is 1810. The highest BCUT2D eigenvalue weighted by Gasteiger charge is 2.50. The monoisotopic (exact) mass is 617 g/mol. The summed E-state index contributed by atoms with van der Waals surface area (Å²) in [7, 11) is 0. The van der Waals surface area contributed by atoms with Crippen LogP contribution in [0.4, 0.5) is 14.6 Å². The quantitative estimate of drug-likeness (QED) is 0.233. The number of likely N-dealkylation sites (tertiary alicyclic amines) is 1. The summed E-state index contributed by atoms with van der Waals surface area (Å²) in [6.45, 7) is 8.02. The Morgan fingerprint density at radius 1 is 1.20 bits per heavy atom. The first-order valence-electron chi connectivity index (χ1n) is 15.0. The second-order valence-corrected chi connectivity index (χ2v) is 11.8. The normalized spacial score (nSPS) is 21.6. The molecule has 0 saturated carbocycles. The molecule has 0 radical (unpaired) electrons. The van der Waals surface area contributed by atoms with Crippen molar-refractivity contribution < 1.29 is 28.2 Å². The summed E-state index contributed by atoms with van der Waals surface area (Å²) in [6.07, 6.45) is 6.13. The van der Waals surface area contributed by atoms with Gasteiger partial charge in [-0.15, -0.1) is 0 Å². The lowest BCUT2D eigenvalue weighted by atomic mass is 10.00. The summed E-state index contributed by atoms with van der Waals surface area (Å²) >= 11 is 0. The Kier molecular flexibility index (Phi) is 7.54. The molecule has 13 heteroatoms. The molecule has 0 aliphatic carbocycles. The minimum Gasteiger partial charge on any atom is -0.463 e. The highest BCUT2D eigenvalue weighted by Crippen LogP contribution is 2.37. The maximum Gasteiger partial charge on any atom is 0.319 e. The van der Waals surface area contributed by atoms with E-state index in [1.807, 2.05) is 34.9 Å². The van der Waals surface area contributed by atoms with E-state index < -0.39 is 23.3 Å². The van der Waals surface area contributed by atoms with Crippen molar-refractivity contribution >= 4 is 33.4 Å². The Morgan fingerprint density at radius 3 is 2.76 bits per heavy atom. The predicted octanol–water partition coefficient (Wildman–Crippen LogP) is 3.38. The Hall–Kier alpha value is -4.33. The third-order valence-corrected chi connectivity index (χ3v) is 8.91. The van der Waals surface area contributed by atoms with Gasteiger partial charge in [-0.25, -0.2) is 8.78 Å². The second kappa shape index (κ2) is 11.5. The van der Waals surface area contributed by atoms with Crippen LogP contribution in [0.15, 0.2) is 49.2 Å². The molecule has 4 aromatic rings. The number of carbonyl (C=O) groups excluding carboxylic acids is 1. The number of aryl methyl sites for hydroxylation is 1. The zero-order valence-corrected chi connectivity index (χ0v) is 24.9. The van der Waals surface area contributed by atoms with Crippen LogP contribution >= 0.6 is 0 Å². The van der Waals surface area contributed by atoms with Crippen LogP contribution in [0.5, 0.6) is 6.01 Å². The number of halogens is 2. The Balaban J connectivity index is 1.21. The Morgan fingerprint density at radius 2 is 2.02 bits per heavy atom. The third kappa shape index (κ3) is 5.34. The van der Waals surface area contributed by atoms with Crippen molar-refractivity contribution in [2.45, 2.75) is 31.6 Å². The van der Waals surface area contributed by atoms with Gasteiger partial charge in [0, 0.05) is 75.2 Å². The van der Waals surface area contributed by atoms with Crippen LogP contribution in [0.1, 0.15) is 18.4 Å². The van der Waals surface area contributed by atoms with Gasteiger partial charge in [0.05, 0.1) is 24.7 Å². The number of amides is 1. The zero-order chi connectivity index (χ0) is 31.3. The van der Waals surface area contributed by atoms with Crippen molar-refractivity contribution in [3.63, 3.8) is 0 Å². The maximum absolute atomic E-state index is 16.5. The van der Waals surface area contributed by atoms with Gasteiger partial charge in [-0.05, 0) is 24.3 Å². The maximum atomic E-state index is 16.5. The average molecular weight is 618 g/mol. The number of ether oxygens (including phenoxy) is 2. The van der Waals surface area contributed by atoms with E-state index in [4.69, 9.17) is 9.47 Å². The molecule has 1 aromatic carbocycles. The minimum absolute atomic E-state index is 0.00130. The molecule has 45 heavy (non-hydrogen) atoms. The molecule has 7 rings (SSSR count). The van der Waals surface area contributed by atoms with E-state index in [0.29, 0.717) is 62.4 Å². The number of hydrogen-bond donors (Lipinski definition) is 1. The molecule has 1 N–H and O–H groups in total. The van der Waals surface area contributed by atoms with Gasteiger partial charge in [-0.2, -0.15) is 9.97 Å². The van der Waals surface area contributed by atoms with Gasteiger partial charge in [-0.3, -0.25) is 19.7 Å². The molecule has 6 heterocycles. The molecule has 11 nitrogen and oxygen atoms in total. The fourth-order valence-electron chi connectivity index (χ4n) is 6.62. The van der Waals surface area contributed by atoms with Gasteiger partial charge in [0.2, 0.25) is 0 Å². The summed E-state index contributed by atoms with van der Waals surface area (Å²) in [5.74, 6) is -1.97. The molecule has 3 fully saturated rings. The van der Waals surface area contributed by atoms with Crippen molar-refractivity contribution in [3.8, 4) is 17.3 Å². The number of nitrogens with zero attached hydrogens (tertiary/aromatic N) is 7. The number of piperazine rings is 1. The SMILES string of the molecule is C=C(F)C(=O)N1CCN(c2nc(OCCCN3C[C@@H]4C[C@@]3(O)CO4)nc3c(F)c(-c4cncc5cccc(C)c45)ncc23)CC1. The van der Waals surface area contributed by atoms with Gasteiger partial charge in [0.25, 0.3) is 5.91 Å². The van der Waals surface area contributed by atoms with Gasteiger partial charge in [-0.1, -0.05) is 24.8 Å². The zero-order valence-electron chi connectivity index (χ0n) is 24.9. The molecule has 1 amide bonds. The lowest BCUT2D eigenvalue weighted by molar-refractivity contribution is -0.128. The van der Waals surface area contributed by atoms with Crippen LogP contribution in [0, 0.1) is 12.7 Å². The summed E-state index contributed by atoms with van der Waals surface area (Å²) in [4.78, 5) is 35.4. The van der Waals surface area contributed by atoms with Gasteiger partial charge < -0.3 is 24.4 Å². The van der Waals surface area contributed by atoms with Gasteiger partial charge in [0.1, 0.15) is 22.8 Å². The van der Waals surface area contributed by atoms with Crippen molar-refractivity contribution in [2.75, 3.05) is 57.4 Å².